The van der Waals surface area contributed by atoms with Gasteiger partial charge in [-0.05, 0) is 96.7 Å². The van der Waals surface area contributed by atoms with Gasteiger partial charge in [0, 0.05) is 11.8 Å². The molecule has 5 N–H and O–H groups in total. The third-order valence-corrected chi connectivity index (χ3v) is 13.6. The van der Waals surface area contributed by atoms with Crippen LogP contribution in [0.1, 0.15) is 93.4 Å². The van der Waals surface area contributed by atoms with Crippen LogP contribution in [-0.4, -0.2) is 55.5 Å². The molecule has 0 heterocycles. The molecule has 0 bridgehead atoms. The topological polar surface area (TPSA) is 101 Å². The second kappa shape index (κ2) is 8.15. The van der Waals surface area contributed by atoms with E-state index in [9.17, 15) is 25.5 Å². The van der Waals surface area contributed by atoms with Gasteiger partial charge in [0.05, 0.1) is 24.4 Å². The number of rotatable bonds is 4. The Bertz CT molecular complexity index is 832. The Balaban J connectivity index is 1.44. The molecular formula is C30H52O5. The van der Waals surface area contributed by atoms with Gasteiger partial charge in [-0.3, -0.25) is 0 Å². The van der Waals surface area contributed by atoms with E-state index in [0.29, 0.717) is 47.8 Å². The lowest BCUT2D eigenvalue weighted by Gasteiger charge is -2.67. The molecule has 5 aliphatic carbocycles. The molecule has 5 aliphatic rings. The summed E-state index contributed by atoms with van der Waals surface area (Å²) >= 11 is 0. The van der Waals surface area contributed by atoms with E-state index in [-0.39, 0.29) is 30.1 Å². The fourth-order valence-electron chi connectivity index (χ4n) is 11.1. The Morgan fingerprint density at radius 1 is 0.771 bits per heavy atom. The molecule has 0 aromatic carbocycles. The molecule has 0 aromatic rings. The van der Waals surface area contributed by atoms with Gasteiger partial charge < -0.3 is 25.5 Å². The highest BCUT2D eigenvalue weighted by atomic mass is 16.4. The fourth-order valence-corrected chi connectivity index (χ4v) is 11.1. The molecule has 0 saturated heterocycles. The Morgan fingerprint density at radius 3 is 2.06 bits per heavy atom. The molecule has 0 spiro atoms. The first kappa shape index (κ1) is 26.4. The summed E-state index contributed by atoms with van der Waals surface area (Å²) in [5.74, 6) is 3.47. The van der Waals surface area contributed by atoms with E-state index in [4.69, 9.17) is 0 Å². The minimum absolute atomic E-state index is 0.00916. The molecule has 0 aliphatic heterocycles. The van der Waals surface area contributed by atoms with Crippen molar-refractivity contribution >= 4 is 0 Å². The van der Waals surface area contributed by atoms with Gasteiger partial charge in [0.2, 0.25) is 0 Å². The minimum Gasteiger partial charge on any atom is -0.393 e. The maximum Gasteiger partial charge on any atom is 0.101 e. The van der Waals surface area contributed by atoms with E-state index < -0.39 is 35.4 Å². The first-order valence-corrected chi connectivity index (χ1v) is 14.6. The standard InChI is InChI=1S/C30H52O5/c1-15(2)17(4)27(5)13-22(27)16(3)20-8-9-21-19-11-25(34)30(35)12-18(31)10-24(33)29(30,7)26(19)23(32)14-28(20,21)6/h15-26,31-35H,8-14H2,1-7H3. The number of hydrogen-bond donors (Lipinski definition) is 5. The van der Waals surface area contributed by atoms with Crippen LogP contribution in [-0.2, 0) is 0 Å². The highest BCUT2D eigenvalue weighted by Crippen LogP contribution is 2.72. The Morgan fingerprint density at radius 2 is 1.43 bits per heavy atom. The second-order valence-electron chi connectivity index (χ2n) is 15.0. The van der Waals surface area contributed by atoms with Crippen LogP contribution in [0.25, 0.3) is 0 Å². The van der Waals surface area contributed by atoms with Gasteiger partial charge >= 0.3 is 0 Å². The van der Waals surface area contributed by atoms with Gasteiger partial charge in [-0.1, -0.05) is 48.5 Å². The second-order valence-corrected chi connectivity index (χ2v) is 15.0. The smallest absolute Gasteiger partial charge is 0.101 e. The summed E-state index contributed by atoms with van der Waals surface area (Å²) in [6, 6.07) is 0. The fraction of sp³-hybridized carbons (Fsp3) is 1.00. The Labute approximate surface area is 212 Å². The summed E-state index contributed by atoms with van der Waals surface area (Å²) in [6.45, 7) is 16.3. The number of aliphatic hydroxyl groups excluding tert-OH is 4. The molecule has 5 saturated carbocycles. The highest BCUT2D eigenvalue weighted by Gasteiger charge is 2.72. The summed E-state index contributed by atoms with van der Waals surface area (Å²) in [7, 11) is 0. The maximum absolute atomic E-state index is 11.8. The number of hydrogen-bond acceptors (Lipinski definition) is 5. The zero-order valence-electron chi connectivity index (χ0n) is 23.1. The van der Waals surface area contributed by atoms with Crippen LogP contribution in [0.5, 0.6) is 0 Å². The number of aliphatic hydroxyl groups is 5. The normalized spacial score (nSPS) is 59.4. The third kappa shape index (κ3) is 3.36. The molecule has 0 amide bonds. The molecule has 15 unspecified atom stereocenters. The summed E-state index contributed by atoms with van der Waals surface area (Å²) in [5, 5.41) is 56.3. The zero-order valence-corrected chi connectivity index (χ0v) is 23.1. The molecule has 15 atom stereocenters. The van der Waals surface area contributed by atoms with Crippen molar-refractivity contribution < 1.29 is 25.5 Å². The average Bonchev–Trinajstić information content (AvgIpc) is 3.32. The van der Waals surface area contributed by atoms with Crippen LogP contribution in [0.2, 0.25) is 0 Å². The average molecular weight is 493 g/mol. The van der Waals surface area contributed by atoms with Crippen LogP contribution in [0.3, 0.4) is 0 Å². The lowest BCUT2D eigenvalue weighted by molar-refractivity contribution is -0.310. The third-order valence-electron chi connectivity index (χ3n) is 13.6. The Kier molecular flexibility index (Phi) is 6.15. The summed E-state index contributed by atoms with van der Waals surface area (Å²) in [6.07, 6.45) is 1.57. The van der Waals surface area contributed by atoms with Crippen molar-refractivity contribution in [3.05, 3.63) is 0 Å². The van der Waals surface area contributed by atoms with E-state index in [2.05, 4.69) is 41.5 Å². The molecule has 5 fully saturated rings. The van der Waals surface area contributed by atoms with E-state index in [1.807, 2.05) is 6.92 Å². The molecule has 202 valence electrons. The van der Waals surface area contributed by atoms with Gasteiger partial charge in [0.25, 0.3) is 0 Å². The van der Waals surface area contributed by atoms with Crippen LogP contribution < -0.4 is 0 Å². The highest BCUT2D eigenvalue weighted by molar-refractivity contribution is 5.21. The van der Waals surface area contributed by atoms with Crippen LogP contribution in [0.15, 0.2) is 0 Å². The molecule has 5 rings (SSSR count). The maximum atomic E-state index is 11.8. The van der Waals surface area contributed by atoms with Gasteiger partial charge in [0.15, 0.2) is 0 Å². The molecule has 0 radical (unpaired) electrons. The summed E-state index contributed by atoms with van der Waals surface area (Å²) in [5.41, 5.74) is -2.18. The van der Waals surface area contributed by atoms with Crippen molar-refractivity contribution in [1.82, 2.24) is 0 Å². The van der Waals surface area contributed by atoms with Crippen LogP contribution in [0.4, 0.5) is 0 Å². The molecular weight excluding hydrogens is 440 g/mol. The van der Waals surface area contributed by atoms with Crippen molar-refractivity contribution in [3.8, 4) is 0 Å². The van der Waals surface area contributed by atoms with E-state index >= 15 is 0 Å². The van der Waals surface area contributed by atoms with Gasteiger partial charge in [0.1, 0.15) is 5.60 Å². The van der Waals surface area contributed by atoms with Gasteiger partial charge in [-0.15, -0.1) is 0 Å². The first-order chi connectivity index (χ1) is 16.1. The lowest BCUT2D eigenvalue weighted by atomic mass is 9.41. The van der Waals surface area contributed by atoms with Gasteiger partial charge in [-0.25, -0.2) is 0 Å². The largest absolute Gasteiger partial charge is 0.393 e. The lowest BCUT2D eigenvalue weighted by Crippen LogP contribution is -2.74. The molecule has 0 aromatic heterocycles. The van der Waals surface area contributed by atoms with Gasteiger partial charge in [-0.2, -0.15) is 0 Å². The van der Waals surface area contributed by atoms with Crippen molar-refractivity contribution in [2.75, 3.05) is 0 Å². The minimum atomic E-state index is -1.58. The van der Waals surface area contributed by atoms with Crippen molar-refractivity contribution in [2.45, 2.75) is 123 Å². The Hall–Kier alpha value is -0.200. The quantitative estimate of drug-likeness (QED) is 0.409. The van der Waals surface area contributed by atoms with E-state index in [1.165, 1.54) is 12.8 Å². The zero-order chi connectivity index (χ0) is 25.9. The molecule has 35 heavy (non-hydrogen) atoms. The SMILES string of the molecule is CC(C)C(C)C1(C)CC1C(C)C1CCC2C3CC(O)C4(O)CC(O)CC(O)C4(C)C3C(O)CC12C. The first-order valence-electron chi connectivity index (χ1n) is 14.6. The summed E-state index contributed by atoms with van der Waals surface area (Å²) in [4.78, 5) is 0. The van der Waals surface area contributed by atoms with Crippen molar-refractivity contribution in [1.29, 1.82) is 0 Å². The predicted molar refractivity (Wildman–Crippen MR) is 136 cm³/mol. The van der Waals surface area contributed by atoms with E-state index in [1.54, 1.807) is 0 Å². The van der Waals surface area contributed by atoms with E-state index in [0.717, 1.165) is 12.3 Å². The van der Waals surface area contributed by atoms with Crippen molar-refractivity contribution in [3.63, 3.8) is 0 Å². The molecule has 5 nitrogen and oxygen atoms in total. The predicted octanol–water partition coefficient (Wildman–Crippen LogP) is 3.99. The summed E-state index contributed by atoms with van der Waals surface area (Å²) < 4.78 is 0. The number of fused-ring (bicyclic) bond motifs is 5. The van der Waals surface area contributed by atoms with Crippen LogP contribution in [0, 0.1) is 63.6 Å². The van der Waals surface area contributed by atoms with Crippen LogP contribution >= 0.6 is 0 Å². The molecule has 5 heteroatoms. The monoisotopic (exact) mass is 492 g/mol. The van der Waals surface area contributed by atoms with Crippen molar-refractivity contribution in [2.24, 2.45) is 63.6 Å².